The molecule has 1 aromatic heterocycles. The standard InChI is InChI=1S/C17H20N2O2/c1-13(17(20)19-9-5-2-6-10-19)21-15-11-14-7-3-4-8-16(14)18-12-15/h3-4,7-8,11-13H,2,5-6,9-10H2,1H3. The number of carbonyl (C=O) groups excluding carboxylic acids is 1. The van der Waals surface area contributed by atoms with Crippen molar-refractivity contribution in [3.8, 4) is 5.75 Å². The number of pyridine rings is 1. The lowest BCUT2D eigenvalue weighted by Gasteiger charge is -2.29. The topological polar surface area (TPSA) is 42.4 Å². The van der Waals surface area contributed by atoms with Crippen molar-refractivity contribution >= 4 is 16.8 Å². The van der Waals surface area contributed by atoms with Gasteiger partial charge in [-0.2, -0.15) is 0 Å². The highest BCUT2D eigenvalue weighted by molar-refractivity contribution is 5.82. The second-order valence-corrected chi connectivity index (χ2v) is 5.51. The third kappa shape index (κ3) is 3.15. The quantitative estimate of drug-likeness (QED) is 0.870. The lowest BCUT2D eigenvalue weighted by atomic mass is 10.1. The molecule has 21 heavy (non-hydrogen) atoms. The molecule has 1 saturated heterocycles. The summed E-state index contributed by atoms with van der Waals surface area (Å²) in [5, 5.41) is 1.02. The van der Waals surface area contributed by atoms with Crippen molar-refractivity contribution in [2.45, 2.75) is 32.3 Å². The van der Waals surface area contributed by atoms with Crippen LogP contribution in [0.2, 0.25) is 0 Å². The molecule has 0 aliphatic carbocycles. The van der Waals surface area contributed by atoms with Crippen molar-refractivity contribution in [3.05, 3.63) is 36.5 Å². The molecule has 4 nitrogen and oxygen atoms in total. The number of fused-ring (bicyclic) bond motifs is 1. The molecule has 0 radical (unpaired) electrons. The van der Waals surface area contributed by atoms with Gasteiger partial charge < -0.3 is 9.64 Å². The number of carbonyl (C=O) groups is 1. The summed E-state index contributed by atoms with van der Waals surface area (Å²) in [5.74, 6) is 0.717. The largest absolute Gasteiger partial charge is 0.479 e. The zero-order chi connectivity index (χ0) is 14.7. The number of hydrogen-bond acceptors (Lipinski definition) is 3. The van der Waals surface area contributed by atoms with E-state index in [9.17, 15) is 4.79 Å². The number of amides is 1. The summed E-state index contributed by atoms with van der Waals surface area (Å²) < 4.78 is 5.78. The number of benzene rings is 1. The van der Waals surface area contributed by atoms with Crippen LogP contribution in [0.4, 0.5) is 0 Å². The Kier molecular flexibility index (Phi) is 4.04. The molecule has 0 spiro atoms. The monoisotopic (exact) mass is 284 g/mol. The van der Waals surface area contributed by atoms with Gasteiger partial charge in [0.1, 0.15) is 5.75 Å². The third-order valence-corrected chi connectivity index (χ3v) is 3.89. The highest BCUT2D eigenvalue weighted by atomic mass is 16.5. The first-order valence-corrected chi connectivity index (χ1v) is 7.54. The van der Waals surface area contributed by atoms with Crippen molar-refractivity contribution in [2.75, 3.05) is 13.1 Å². The third-order valence-electron chi connectivity index (χ3n) is 3.89. The lowest BCUT2D eigenvalue weighted by Crippen LogP contribution is -2.43. The van der Waals surface area contributed by atoms with Crippen LogP contribution >= 0.6 is 0 Å². The smallest absolute Gasteiger partial charge is 0.263 e. The Balaban J connectivity index is 1.70. The van der Waals surface area contributed by atoms with E-state index in [0.717, 1.165) is 36.8 Å². The van der Waals surface area contributed by atoms with E-state index in [-0.39, 0.29) is 5.91 Å². The molecule has 0 saturated carbocycles. The number of hydrogen-bond donors (Lipinski definition) is 0. The van der Waals surface area contributed by atoms with Crippen LogP contribution in [-0.4, -0.2) is 35.0 Å². The van der Waals surface area contributed by atoms with Crippen LogP contribution in [0.25, 0.3) is 10.9 Å². The molecule has 0 bridgehead atoms. The average Bonchev–Trinajstić information content (AvgIpc) is 2.55. The molecule has 1 fully saturated rings. The summed E-state index contributed by atoms with van der Waals surface area (Å²) in [4.78, 5) is 18.6. The molecule has 1 aromatic carbocycles. The van der Waals surface area contributed by atoms with Crippen LogP contribution in [-0.2, 0) is 4.79 Å². The Hall–Kier alpha value is -2.10. The fraction of sp³-hybridized carbons (Fsp3) is 0.412. The van der Waals surface area contributed by atoms with Crippen LogP contribution in [0.3, 0.4) is 0 Å². The summed E-state index contributed by atoms with van der Waals surface area (Å²) in [5.41, 5.74) is 0.930. The van der Waals surface area contributed by atoms with E-state index in [2.05, 4.69) is 4.98 Å². The molecule has 1 amide bonds. The van der Waals surface area contributed by atoms with Gasteiger partial charge in [0, 0.05) is 18.5 Å². The Morgan fingerprint density at radius 1 is 1.24 bits per heavy atom. The number of para-hydroxylation sites is 1. The predicted octanol–water partition coefficient (Wildman–Crippen LogP) is 3.01. The molecule has 1 atom stereocenters. The van der Waals surface area contributed by atoms with Crippen molar-refractivity contribution in [2.24, 2.45) is 0 Å². The number of piperidine rings is 1. The molecular formula is C17H20N2O2. The van der Waals surface area contributed by atoms with Gasteiger partial charge in [-0.15, -0.1) is 0 Å². The second kappa shape index (κ2) is 6.12. The molecule has 1 aliphatic rings. The fourth-order valence-electron chi connectivity index (χ4n) is 2.74. The average molecular weight is 284 g/mol. The van der Waals surface area contributed by atoms with Gasteiger partial charge in [-0.25, -0.2) is 0 Å². The first-order chi connectivity index (χ1) is 10.2. The van der Waals surface area contributed by atoms with Gasteiger partial charge in [0.15, 0.2) is 6.10 Å². The van der Waals surface area contributed by atoms with Gasteiger partial charge in [0.2, 0.25) is 0 Å². The molecule has 2 heterocycles. The van der Waals surface area contributed by atoms with Crippen LogP contribution in [0.15, 0.2) is 36.5 Å². The first-order valence-electron chi connectivity index (χ1n) is 7.54. The van der Waals surface area contributed by atoms with E-state index < -0.39 is 6.10 Å². The molecule has 3 rings (SSSR count). The maximum absolute atomic E-state index is 12.3. The van der Waals surface area contributed by atoms with Crippen LogP contribution in [0, 0.1) is 0 Å². The fourth-order valence-corrected chi connectivity index (χ4v) is 2.74. The Morgan fingerprint density at radius 2 is 2.00 bits per heavy atom. The minimum atomic E-state index is -0.467. The van der Waals surface area contributed by atoms with Gasteiger partial charge in [0.25, 0.3) is 5.91 Å². The molecule has 0 N–H and O–H groups in total. The SMILES string of the molecule is CC(Oc1cnc2ccccc2c1)C(=O)N1CCCCC1. The summed E-state index contributed by atoms with van der Waals surface area (Å²) in [6.07, 6.45) is 4.62. The van der Waals surface area contributed by atoms with Gasteiger partial charge in [-0.05, 0) is 38.3 Å². The van der Waals surface area contributed by atoms with Crippen molar-refractivity contribution < 1.29 is 9.53 Å². The van der Waals surface area contributed by atoms with E-state index in [1.807, 2.05) is 42.2 Å². The minimum Gasteiger partial charge on any atom is -0.479 e. The molecule has 1 aliphatic heterocycles. The first kappa shape index (κ1) is 13.9. The second-order valence-electron chi connectivity index (χ2n) is 5.51. The molecule has 4 heteroatoms. The predicted molar refractivity (Wildman–Crippen MR) is 82.3 cm³/mol. The maximum atomic E-state index is 12.3. The lowest BCUT2D eigenvalue weighted by molar-refractivity contribution is -0.138. The Morgan fingerprint density at radius 3 is 2.81 bits per heavy atom. The van der Waals surface area contributed by atoms with Crippen molar-refractivity contribution in [3.63, 3.8) is 0 Å². The van der Waals surface area contributed by atoms with Gasteiger partial charge in [-0.1, -0.05) is 18.2 Å². The van der Waals surface area contributed by atoms with E-state index in [1.165, 1.54) is 6.42 Å². The van der Waals surface area contributed by atoms with E-state index >= 15 is 0 Å². The number of rotatable bonds is 3. The Labute approximate surface area is 124 Å². The molecule has 110 valence electrons. The summed E-state index contributed by atoms with van der Waals surface area (Å²) in [7, 11) is 0. The van der Waals surface area contributed by atoms with Crippen LogP contribution in [0.1, 0.15) is 26.2 Å². The van der Waals surface area contributed by atoms with Crippen molar-refractivity contribution in [1.82, 2.24) is 9.88 Å². The van der Waals surface area contributed by atoms with E-state index in [0.29, 0.717) is 5.75 Å². The number of ether oxygens (including phenoxy) is 1. The highest BCUT2D eigenvalue weighted by Crippen LogP contribution is 2.20. The van der Waals surface area contributed by atoms with Gasteiger partial charge in [0.05, 0.1) is 11.7 Å². The van der Waals surface area contributed by atoms with Crippen LogP contribution < -0.4 is 4.74 Å². The molecule has 2 aromatic rings. The van der Waals surface area contributed by atoms with Gasteiger partial charge >= 0.3 is 0 Å². The summed E-state index contributed by atoms with van der Waals surface area (Å²) >= 11 is 0. The molecular weight excluding hydrogens is 264 g/mol. The highest BCUT2D eigenvalue weighted by Gasteiger charge is 2.23. The van der Waals surface area contributed by atoms with E-state index in [1.54, 1.807) is 6.20 Å². The zero-order valence-corrected chi connectivity index (χ0v) is 12.3. The Bertz CT molecular complexity index is 635. The van der Waals surface area contributed by atoms with Crippen molar-refractivity contribution in [1.29, 1.82) is 0 Å². The van der Waals surface area contributed by atoms with Crippen LogP contribution in [0.5, 0.6) is 5.75 Å². The zero-order valence-electron chi connectivity index (χ0n) is 12.3. The minimum absolute atomic E-state index is 0.0721. The number of aromatic nitrogens is 1. The molecule has 1 unspecified atom stereocenters. The summed E-state index contributed by atoms with van der Waals surface area (Å²) in [6.45, 7) is 3.51. The van der Waals surface area contributed by atoms with Gasteiger partial charge in [-0.3, -0.25) is 9.78 Å². The maximum Gasteiger partial charge on any atom is 0.263 e. The summed E-state index contributed by atoms with van der Waals surface area (Å²) in [6, 6.07) is 9.81. The number of nitrogens with zero attached hydrogens (tertiary/aromatic N) is 2. The normalized spacial score (nSPS) is 16.7. The number of likely N-dealkylation sites (tertiary alicyclic amines) is 1. The van der Waals surface area contributed by atoms with E-state index in [4.69, 9.17) is 4.74 Å².